The van der Waals surface area contributed by atoms with Crippen LogP contribution in [-0.2, 0) is 4.79 Å². The molecule has 0 aromatic heterocycles. The summed E-state index contributed by atoms with van der Waals surface area (Å²) in [7, 11) is 0. The van der Waals surface area contributed by atoms with Gasteiger partial charge in [-0.1, -0.05) is 13.0 Å². The third-order valence-corrected chi connectivity index (χ3v) is 2.96. The zero-order valence-corrected chi connectivity index (χ0v) is 10.8. The fraction of sp³-hybridized carbons (Fsp3) is 0.273. The summed E-state index contributed by atoms with van der Waals surface area (Å²) >= 11 is 3.21. The molecule has 0 fully saturated rings. The van der Waals surface area contributed by atoms with Crippen LogP contribution in [0.4, 0.5) is 5.69 Å². The van der Waals surface area contributed by atoms with Crippen molar-refractivity contribution in [2.24, 2.45) is 5.73 Å². The average Bonchev–Trinajstić information content (AvgIpc) is 2.24. The minimum Gasteiger partial charge on any atom is -0.480 e. The second kappa shape index (κ2) is 5.67. The first-order valence-electron chi connectivity index (χ1n) is 5.05. The summed E-state index contributed by atoms with van der Waals surface area (Å²) in [6.07, 6.45) is 0.403. The van der Waals surface area contributed by atoms with Gasteiger partial charge in [-0.05, 0) is 34.5 Å². The Hall–Kier alpha value is -1.56. The van der Waals surface area contributed by atoms with Crippen molar-refractivity contribution in [3.05, 3.63) is 28.2 Å². The van der Waals surface area contributed by atoms with Crippen LogP contribution in [0.1, 0.15) is 23.7 Å². The molecule has 6 heteroatoms. The molecule has 4 N–H and O–H groups in total. The van der Waals surface area contributed by atoms with Gasteiger partial charge in [0.25, 0.3) is 5.91 Å². The van der Waals surface area contributed by atoms with Crippen LogP contribution < -0.4 is 11.1 Å². The topological polar surface area (TPSA) is 92.4 Å². The summed E-state index contributed by atoms with van der Waals surface area (Å²) < 4.78 is 0.537. The van der Waals surface area contributed by atoms with Crippen LogP contribution in [-0.4, -0.2) is 23.0 Å². The fourth-order valence-corrected chi connectivity index (χ4v) is 1.98. The van der Waals surface area contributed by atoms with E-state index in [0.29, 0.717) is 16.6 Å². The van der Waals surface area contributed by atoms with Crippen LogP contribution in [0.25, 0.3) is 0 Å². The smallest absolute Gasteiger partial charge is 0.326 e. The number of carbonyl (C=O) groups excluding carboxylic acids is 1. The van der Waals surface area contributed by atoms with Gasteiger partial charge in [-0.25, -0.2) is 4.79 Å². The van der Waals surface area contributed by atoms with Crippen LogP contribution in [0.2, 0.25) is 0 Å². The van der Waals surface area contributed by atoms with E-state index in [1.807, 2.05) is 0 Å². The molecule has 1 atom stereocenters. The number of hydrogen-bond donors (Lipinski definition) is 3. The lowest BCUT2D eigenvalue weighted by atomic mass is 10.1. The number of carboxylic acids is 1. The first-order chi connectivity index (χ1) is 7.97. The van der Waals surface area contributed by atoms with Crippen molar-refractivity contribution in [3.8, 4) is 0 Å². The number of anilines is 1. The van der Waals surface area contributed by atoms with E-state index in [9.17, 15) is 9.59 Å². The zero-order chi connectivity index (χ0) is 13.0. The van der Waals surface area contributed by atoms with E-state index >= 15 is 0 Å². The highest BCUT2D eigenvalue weighted by Gasteiger charge is 2.18. The number of carbonyl (C=O) groups is 2. The number of rotatable bonds is 5. The van der Waals surface area contributed by atoms with Crippen molar-refractivity contribution >= 4 is 33.5 Å². The maximum Gasteiger partial charge on any atom is 0.326 e. The number of benzene rings is 1. The third-order valence-electron chi connectivity index (χ3n) is 2.30. The van der Waals surface area contributed by atoms with E-state index in [0.717, 1.165) is 0 Å². The molecule has 0 bridgehead atoms. The molecule has 1 rings (SSSR count). The number of hydrogen-bond acceptors (Lipinski definition) is 3. The molecule has 1 aromatic carbocycles. The first kappa shape index (κ1) is 13.5. The molecule has 0 saturated carbocycles. The quantitative estimate of drug-likeness (QED) is 0.773. The standard InChI is InChI=1S/C11H13BrN2O3/c1-2-7(11(16)17)14-8-5-3-4-6(12)9(8)10(13)15/h3-5,7,14H,2H2,1H3,(H2,13,15)(H,16,17). The largest absolute Gasteiger partial charge is 0.480 e. The van der Waals surface area contributed by atoms with Crippen molar-refractivity contribution < 1.29 is 14.7 Å². The second-order valence-corrected chi connectivity index (χ2v) is 4.32. The lowest BCUT2D eigenvalue weighted by molar-refractivity contribution is -0.137. The number of amides is 1. The number of primary amides is 1. The molecule has 1 unspecified atom stereocenters. The molecule has 0 spiro atoms. The highest BCUT2D eigenvalue weighted by atomic mass is 79.9. The molecule has 1 aromatic rings. The highest BCUT2D eigenvalue weighted by Crippen LogP contribution is 2.25. The predicted molar refractivity (Wildman–Crippen MR) is 68.0 cm³/mol. The molecule has 1 amide bonds. The van der Waals surface area contributed by atoms with Crippen LogP contribution >= 0.6 is 15.9 Å². The van der Waals surface area contributed by atoms with Gasteiger partial charge in [0.1, 0.15) is 6.04 Å². The van der Waals surface area contributed by atoms with E-state index in [2.05, 4.69) is 21.2 Å². The van der Waals surface area contributed by atoms with E-state index in [1.165, 1.54) is 0 Å². The number of halogens is 1. The van der Waals surface area contributed by atoms with Crippen molar-refractivity contribution in [1.29, 1.82) is 0 Å². The van der Waals surface area contributed by atoms with Gasteiger partial charge in [-0.2, -0.15) is 0 Å². The number of nitrogens with two attached hydrogens (primary N) is 1. The summed E-state index contributed by atoms with van der Waals surface area (Å²) in [5.41, 5.74) is 5.93. The molecule has 0 radical (unpaired) electrons. The van der Waals surface area contributed by atoms with Gasteiger partial charge in [0.05, 0.1) is 5.56 Å². The Morgan fingerprint density at radius 3 is 2.65 bits per heavy atom. The van der Waals surface area contributed by atoms with Crippen LogP contribution in [0, 0.1) is 0 Å². The van der Waals surface area contributed by atoms with Crippen molar-refractivity contribution in [1.82, 2.24) is 0 Å². The molecule has 17 heavy (non-hydrogen) atoms. The van der Waals surface area contributed by atoms with E-state index in [1.54, 1.807) is 25.1 Å². The Bertz CT molecular complexity index is 448. The van der Waals surface area contributed by atoms with E-state index < -0.39 is 17.9 Å². The van der Waals surface area contributed by atoms with Crippen molar-refractivity contribution in [3.63, 3.8) is 0 Å². The summed E-state index contributed by atoms with van der Waals surface area (Å²) in [5.74, 6) is -1.58. The maximum atomic E-state index is 11.3. The second-order valence-electron chi connectivity index (χ2n) is 3.47. The zero-order valence-electron chi connectivity index (χ0n) is 9.24. The van der Waals surface area contributed by atoms with Crippen LogP contribution in [0.15, 0.2) is 22.7 Å². The molecule has 0 aliphatic rings. The molecule has 0 aliphatic carbocycles. The molecule has 0 aliphatic heterocycles. The Morgan fingerprint density at radius 1 is 1.53 bits per heavy atom. The molecule has 5 nitrogen and oxygen atoms in total. The Morgan fingerprint density at radius 2 is 2.18 bits per heavy atom. The van der Waals surface area contributed by atoms with Crippen LogP contribution in [0.5, 0.6) is 0 Å². The Kier molecular flexibility index (Phi) is 4.51. The maximum absolute atomic E-state index is 11.3. The number of nitrogens with one attached hydrogen (secondary N) is 1. The van der Waals surface area contributed by atoms with Gasteiger partial charge in [0, 0.05) is 10.2 Å². The Balaban J connectivity index is 3.10. The summed E-state index contributed by atoms with van der Waals surface area (Å²) in [4.78, 5) is 22.2. The lowest BCUT2D eigenvalue weighted by Crippen LogP contribution is -2.29. The van der Waals surface area contributed by atoms with Gasteiger partial charge < -0.3 is 16.2 Å². The minimum absolute atomic E-state index is 0.257. The SMILES string of the molecule is CCC(Nc1cccc(Br)c1C(N)=O)C(=O)O. The van der Waals surface area contributed by atoms with Gasteiger partial charge in [0.2, 0.25) is 0 Å². The molecule has 0 saturated heterocycles. The number of carboxylic acid groups (broad SMARTS) is 1. The van der Waals surface area contributed by atoms with E-state index in [4.69, 9.17) is 10.8 Å². The lowest BCUT2D eigenvalue weighted by Gasteiger charge is -2.16. The van der Waals surface area contributed by atoms with Gasteiger partial charge in [0.15, 0.2) is 0 Å². The molecular weight excluding hydrogens is 288 g/mol. The highest BCUT2D eigenvalue weighted by molar-refractivity contribution is 9.10. The van der Waals surface area contributed by atoms with Gasteiger partial charge in [-0.3, -0.25) is 4.79 Å². The summed E-state index contributed by atoms with van der Waals surface area (Å²) in [6, 6.07) is 4.25. The monoisotopic (exact) mass is 300 g/mol. The van der Waals surface area contributed by atoms with Gasteiger partial charge in [-0.15, -0.1) is 0 Å². The van der Waals surface area contributed by atoms with Gasteiger partial charge >= 0.3 is 5.97 Å². The number of aliphatic carboxylic acids is 1. The average molecular weight is 301 g/mol. The van der Waals surface area contributed by atoms with Crippen molar-refractivity contribution in [2.45, 2.75) is 19.4 Å². The fourth-order valence-electron chi connectivity index (χ4n) is 1.42. The summed E-state index contributed by atoms with van der Waals surface area (Å²) in [5, 5.41) is 11.7. The minimum atomic E-state index is -0.970. The van der Waals surface area contributed by atoms with Crippen LogP contribution in [0.3, 0.4) is 0 Å². The molecule has 0 heterocycles. The molecule has 92 valence electrons. The van der Waals surface area contributed by atoms with Crippen molar-refractivity contribution in [2.75, 3.05) is 5.32 Å². The predicted octanol–water partition coefficient (Wildman–Crippen LogP) is 1.82. The normalized spacial score (nSPS) is 11.9. The third kappa shape index (κ3) is 3.20. The molecular formula is C11H13BrN2O3. The van der Waals surface area contributed by atoms with E-state index in [-0.39, 0.29) is 5.56 Å². The summed E-state index contributed by atoms with van der Waals surface area (Å²) in [6.45, 7) is 1.74. The Labute approximate surface area is 107 Å². The first-order valence-corrected chi connectivity index (χ1v) is 5.84.